The van der Waals surface area contributed by atoms with E-state index < -0.39 is 0 Å². The Morgan fingerprint density at radius 3 is 2.62 bits per heavy atom. The van der Waals surface area contributed by atoms with Gasteiger partial charge in [0.2, 0.25) is 0 Å². The predicted molar refractivity (Wildman–Crippen MR) is 110 cm³/mol. The van der Waals surface area contributed by atoms with Crippen LogP contribution in [0.2, 0.25) is 5.02 Å². The number of rotatable bonds is 4. The number of urea groups is 1. The van der Waals surface area contributed by atoms with Crippen LogP contribution in [-0.4, -0.2) is 52.4 Å². The second kappa shape index (κ2) is 8.84. The first-order valence-corrected chi connectivity index (χ1v) is 10.3. The Kier molecular flexibility index (Phi) is 6.01. The highest BCUT2D eigenvalue weighted by molar-refractivity contribution is 6.33. The highest BCUT2D eigenvalue weighted by atomic mass is 35.5. The summed E-state index contributed by atoms with van der Waals surface area (Å²) >= 11 is 6.09. The summed E-state index contributed by atoms with van der Waals surface area (Å²) in [5, 5.41) is 10.4. The number of benzene rings is 1. The molecule has 1 aromatic carbocycles. The molecule has 1 aromatic heterocycles. The zero-order chi connectivity index (χ0) is 20.2. The molecular formula is C20H24ClN5O3. The van der Waals surface area contributed by atoms with Gasteiger partial charge in [0, 0.05) is 25.8 Å². The van der Waals surface area contributed by atoms with Crippen LogP contribution in [0, 0.1) is 0 Å². The molecule has 2 aromatic rings. The van der Waals surface area contributed by atoms with Gasteiger partial charge >= 0.3 is 6.03 Å². The third-order valence-corrected chi connectivity index (χ3v) is 5.69. The van der Waals surface area contributed by atoms with Gasteiger partial charge in [0.1, 0.15) is 11.9 Å². The first-order valence-electron chi connectivity index (χ1n) is 9.88. The van der Waals surface area contributed by atoms with Gasteiger partial charge in [-0.25, -0.2) is 9.48 Å². The Hall–Kier alpha value is -2.58. The summed E-state index contributed by atoms with van der Waals surface area (Å²) in [7, 11) is 0. The van der Waals surface area contributed by atoms with Crippen molar-refractivity contribution in [1.29, 1.82) is 0 Å². The normalized spacial score (nSPS) is 19.9. The van der Waals surface area contributed by atoms with E-state index in [9.17, 15) is 9.59 Å². The Morgan fingerprint density at radius 2 is 1.90 bits per heavy atom. The van der Waals surface area contributed by atoms with Crippen LogP contribution in [0.5, 0.6) is 0 Å². The maximum atomic E-state index is 12.5. The first kappa shape index (κ1) is 19.7. The number of para-hydroxylation sites is 1. The number of hydrogen-bond acceptors (Lipinski definition) is 4. The summed E-state index contributed by atoms with van der Waals surface area (Å²) < 4.78 is 7.33. The minimum absolute atomic E-state index is 0.0962. The summed E-state index contributed by atoms with van der Waals surface area (Å²) in [4.78, 5) is 26.8. The highest BCUT2D eigenvalue weighted by Gasteiger charge is 2.31. The maximum Gasteiger partial charge on any atom is 0.324 e. The molecule has 0 spiro atoms. The second-order valence-corrected chi connectivity index (χ2v) is 7.69. The van der Waals surface area contributed by atoms with Crippen LogP contribution >= 0.6 is 11.6 Å². The molecule has 2 saturated heterocycles. The van der Waals surface area contributed by atoms with E-state index >= 15 is 0 Å². The lowest BCUT2D eigenvalue weighted by molar-refractivity contribution is -0.142. The molecule has 0 aliphatic carbocycles. The number of anilines is 2. The van der Waals surface area contributed by atoms with E-state index in [0.717, 1.165) is 25.7 Å². The molecule has 29 heavy (non-hydrogen) atoms. The quantitative estimate of drug-likeness (QED) is 0.796. The van der Waals surface area contributed by atoms with E-state index in [1.807, 2.05) is 9.58 Å². The van der Waals surface area contributed by atoms with E-state index in [1.165, 1.54) is 0 Å². The summed E-state index contributed by atoms with van der Waals surface area (Å²) in [6.45, 7) is 1.99. The molecule has 2 fully saturated rings. The van der Waals surface area contributed by atoms with Gasteiger partial charge in [0.15, 0.2) is 0 Å². The SMILES string of the molecule is O=C(Nc1ccccc1Cl)Nc1ccnn1C1CCN(C(=O)[C@@H]2CCCO2)CC1. The lowest BCUT2D eigenvalue weighted by Gasteiger charge is -2.33. The molecule has 3 amide bonds. The van der Waals surface area contributed by atoms with Crippen molar-refractivity contribution in [2.45, 2.75) is 37.8 Å². The number of halogens is 1. The second-order valence-electron chi connectivity index (χ2n) is 7.28. The van der Waals surface area contributed by atoms with Crippen LogP contribution in [0.3, 0.4) is 0 Å². The molecule has 2 aliphatic heterocycles. The van der Waals surface area contributed by atoms with Gasteiger partial charge in [0.05, 0.1) is 22.9 Å². The smallest absolute Gasteiger partial charge is 0.324 e. The fourth-order valence-corrected chi connectivity index (χ4v) is 4.03. The van der Waals surface area contributed by atoms with E-state index in [0.29, 0.717) is 36.2 Å². The Labute approximate surface area is 174 Å². The van der Waals surface area contributed by atoms with Crippen LogP contribution in [0.15, 0.2) is 36.5 Å². The number of amides is 3. The fraction of sp³-hybridized carbons (Fsp3) is 0.450. The van der Waals surface area contributed by atoms with Gasteiger partial charge in [0.25, 0.3) is 5.91 Å². The van der Waals surface area contributed by atoms with Gasteiger partial charge < -0.3 is 15.0 Å². The third-order valence-electron chi connectivity index (χ3n) is 5.36. The van der Waals surface area contributed by atoms with Gasteiger partial charge in [-0.15, -0.1) is 0 Å². The molecule has 3 heterocycles. The fourth-order valence-electron chi connectivity index (χ4n) is 3.84. The topological polar surface area (TPSA) is 88.5 Å². The molecule has 2 N–H and O–H groups in total. The van der Waals surface area contributed by atoms with Crippen LogP contribution < -0.4 is 10.6 Å². The van der Waals surface area contributed by atoms with Crippen molar-refractivity contribution >= 4 is 35.0 Å². The van der Waals surface area contributed by atoms with Crippen molar-refractivity contribution in [3.8, 4) is 0 Å². The molecule has 0 bridgehead atoms. The van der Waals surface area contributed by atoms with E-state index in [1.54, 1.807) is 36.5 Å². The monoisotopic (exact) mass is 417 g/mol. The van der Waals surface area contributed by atoms with Crippen LogP contribution in [0.25, 0.3) is 0 Å². The van der Waals surface area contributed by atoms with E-state index in [-0.39, 0.29) is 24.1 Å². The third kappa shape index (κ3) is 4.54. The minimum atomic E-state index is -0.383. The first-order chi connectivity index (χ1) is 14.1. The number of ether oxygens (including phenoxy) is 1. The Balaban J connectivity index is 1.34. The van der Waals surface area contributed by atoms with Gasteiger partial charge in [-0.3, -0.25) is 10.1 Å². The van der Waals surface area contributed by atoms with Gasteiger partial charge in [-0.05, 0) is 37.8 Å². The number of nitrogens with one attached hydrogen (secondary N) is 2. The van der Waals surface area contributed by atoms with Crippen molar-refractivity contribution in [3.05, 3.63) is 41.6 Å². The van der Waals surface area contributed by atoms with Crippen molar-refractivity contribution in [2.24, 2.45) is 0 Å². The number of carbonyl (C=O) groups excluding carboxylic acids is 2. The summed E-state index contributed by atoms with van der Waals surface area (Å²) in [6.07, 6.45) is 4.71. The molecule has 154 valence electrons. The number of hydrogen-bond donors (Lipinski definition) is 2. The summed E-state index contributed by atoms with van der Waals surface area (Å²) in [5.41, 5.74) is 0.540. The Morgan fingerprint density at radius 1 is 1.10 bits per heavy atom. The average Bonchev–Trinajstić information content (AvgIpc) is 3.42. The number of aromatic nitrogens is 2. The molecule has 1 atom stereocenters. The standard InChI is InChI=1S/C20H24ClN5O3/c21-15-4-1-2-5-16(15)23-20(28)24-18-7-10-22-26(18)14-8-11-25(12-9-14)19(27)17-6-3-13-29-17/h1-2,4-5,7,10,14,17H,3,6,8-9,11-13H2,(H2,23,24,28)/t17-/m0/s1. The van der Waals surface area contributed by atoms with Crippen LogP contribution in [0.1, 0.15) is 31.7 Å². The molecule has 0 unspecified atom stereocenters. The number of nitrogens with zero attached hydrogens (tertiary/aromatic N) is 3. The van der Waals surface area contributed by atoms with Gasteiger partial charge in [-0.2, -0.15) is 5.10 Å². The van der Waals surface area contributed by atoms with E-state index in [2.05, 4.69) is 15.7 Å². The van der Waals surface area contributed by atoms with Gasteiger partial charge in [-0.1, -0.05) is 23.7 Å². The van der Waals surface area contributed by atoms with Crippen LogP contribution in [-0.2, 0) is 9.53 Å². The predicted octanol–water partition coefficient (Wildman–Crippen LogP) is 3.52. The molecule has 4 rings (SSSR count). The Bertz CT molecular complexity index is 873. The molecule has 9 heteroatoms. The van der Waals surface area contributed by atoms with E-state index in [4.69, 9.17) is 16.3 Å². The molecule has 0 radical (unpaired) electrons. The number of carbonyl (C=O) groups is 2. The zero-order valence-electron chi connectivity index (χ0n) is 16.0. The minimum Gasteiger partial charge on any atom is -0.368 e. The molecular weight excluding hydrogens is 394 g/mol. The highest BCUT2D eigenvalue weighted by Crippen LogP contribution is 2.27. The number of piperidine rings is 1. The van der Waals surface area contributed by atoms with Crippen molar-refractivity contribution in [3.63, 3.8) is 0 Å². The molecule has 2 aliphatic rings. The average molecular weight is 418 g/mol. The number of likely N-dealkylation sites (tertiary alicyclic amines) is 1. The lowest BCUT2D eigenvalue weighted by Crippen LogP contribution is -2.44. The summed E-state index contributed by atoms with van der Waals surface area (Å²) in [5.74, 6) is 0.706. The van der Waals surface area contributed by atoms with Crippen LogP contribution in [0.4, 0.5) is 16.3 Å². The maximum absolute atomic E-state index is 12.5. The molecule has 0 saturated carbocycles. The lowest BCUT2D eigenvalue weighted by atomic mass is 10.0. The largest absolute Gasteiger partial charge is 0.368 e. The van der Waals surface area contributed by atoms with Crippen molar-refractivity contribution in [2.75, 3.05) is 30.3 Å². The van der Waals surface area contributed by atoms with Crippen molar-refractivity contribution in [1.82, 2.24) is 14.7 Å². The summed E-state index contributed by atoms with van der Waals surface area (Å²) in [6, 6.07) is 8.55. The zero-order valence-corrected chi connectivity index (χ0v) is 16.8. The van der Waals surface area contributed by atoms with Crippen molar-refractivity contribution < 1.29 is 14.3 Å². The molecule has 8 nitrogen and oxygen atoms in total.